The summed E-state index contributed by atoms with van der Waals surface area (Å²) < 4.78 is 5.15. The van der Waals surface area contributed by atoms with Crippen LogP contribution in [-0.2, 0) is 0 Å². The molecule has 0 radical (unpaired) electrons. The molecule has 1 N–H and O–H groups in total. The number of hydrogen-bond donors (Lipinski definition) is 1. The summed E-state index contributed by atoms with van der Waals surface area (Å²) in [4.78, 5) is 31.5. The summed E-state index contributed by atoms with van der Waals surface area (Å²) in [7, 11) is 0. The number of nitrogens with one attached hydrogen (secondary N) is 1. The Hall–Kier alpha value is -3.02. The van der Waals surface area contributed by atoms with E-state index in [1.807, 2.05) is 30.5 Å². The molecule has 1 aliphatic rings. The number of aromatic nitrogens is 1. The largest absolute Gasteiger partial charge is 0.459 e. The second-order valence-electron chi connectivity index (χ2n) is 5.84. The molecule has 0 atom stereocenters. The van der Waals surface area contributed by atoms with Gasteiger partial charge < -0.3 is 19.2 Å². The summed E-state index contributed by atoms with van der Waals surface area (Å²) >= 11 is 0. The van der Waals surface area contributed by atoms with Crippen LogP contribution in [0.15, 0.2) is 53.3 Å². The maximum atomic E-state index is 12.7. The molecule has 24 heavy (non-hydrogen) atoms. The molecular weight excluding hydrogens is 306 g/mol. The van der Waals surface area contributed by atoms with Crippen LogP contribution in [0.25, 0.3) is 10.9 Å². The van der Waals surface area contributed by atoms with E-state index in [0.29, 0.717) is 37.5 Å². The lowest BCUT2D eigenvalue weighted by atomic mass is 10.1. The molecule has 0 aliphatic carbocycles. The molecule has 0 bridgehead atoms. The lowest BCUT2D eigenvalue weighted by molar-refractivity contribution is 0.0518. The maximum absolute atomic E-state index is 12.7. The Bertz CT molecular complexity index is 874. The number of rotatable bonds is 2. The van der Waals surface area contributed by atoms with Crippen molar-refractivity contribution in [2.75, 3.05) is 26.2 Å². The van der Waals surface area contributed by atoms with Gasteiger partial charge in [-0.15, -0.1) is 0 Å². The highest BCUT2D eigenvalue weighted by Gasteiger charge is 2.26. The average molecular weight is 323 g/mol. The van der Waals surface area contributed by atoms with Crippen LogP contribution in [0.3, 0.4) is 0 Å². The Balaban J connectivity index is 1.43. The number of furan rings is 1. The molecule has 4 rings (SSSR count). The van der Waals surface area contributed by atoms with Gasteiger partial charge >= 0.3 is 0 Å². The first kappa shape index (κ1) is 14.6. The van der Waals surface area contributed by atoms with Crippen molar-refractivity contribution in [2.24, 2.45) is 0 Å². The number of fused-ring (bicyclic) bond motifs is 1. The summed E-state index contributed by atoms with van der Waals surface area (Å²) in [6.07, 6.45) is 3.35. The van der Waals surface area contributed by atoms with Crippen LogP contribution in [-0.4, -0.2) is 52.8 Å². The fourth-order valence-corrected chi connectivity index (χ4v) is 3.04. The summed E-state index contributed by atoms with van der Waals surface area (Å²) in [5.41, 5.74) is 1.69. The van der Waals surface area contributed by atoms with Crippen molar-refractivity contribution < 1.29 is 14.0 Å². The SMILES string of the molecule is O=C(c1ccc2[nH]ccc2c1)N1CCN(C(=O)c2ccco2)CC1. The summed E-state index contributed by atoms with van der Waals surface area (Å²) in [6.45, 7) is 2.07. The zero-order valence-electron chi connectivity index (χ0n) is 13.1. The molecule has 2 amide bonds. The first-order valence-electron chi connectivity index (χ1n) is 7.91. The van der Waals surface area contributed by atoms with E-state index in [9.17, 15) is 9.59 Å². The van der Waals surface area contributed by atoms with Crippen LogP contribution < -0.4 is 0 Å². The van der Waals surface area contributed by atoms with E-state index < -0.39 is 0 Å². The predicted octanol–water partition coefficient (Wildman–Crippen LogP) is 2.36. The highest BCUT2D eigenvalue weighted by Crippen LogP contribution is 2.17. The quantitative estimate of drug-likeness (QED) is 0.787. The first-order valence-corrected chi connectivity index (χ1v) is 7.91. The number of aromatic amines is 1. The van der Waals surface area contributed by atoms with E-state index >= 15 is 0 Å². The number of carbonyl (C=O) groups excluding carboxylic acids is 2. The second kappa shape index (κ2) is 5.88. The summed E-state index contributed by atoms with van der Waals surface area (Å²) in [5.74, 6) is 0.219. The van der Waals surface area contributed by atoms with Gasteiger partial charge in [0.05, 0.1) is 6.26 Å². The molecule has 122 valence electrons. The third kappa shape index (κ3) is 2.56. The Morgan fingerprint density at radius 3 is 2.42 bits per heavy atom. The highest BCUT2D eigenvalue weighted by molar-refractivity contribution is 5.98. The van der Waals surface area contributed by atoms with Crippen molar-refractivity contribution in [3.63, 3.8) is 0 Å². The molecule has 0 unspecified atom stereocenters. The molecule has 0 spiro atoms. The van der Waals surface area contributed by atoms with Gasteiger partial charge in [-0.1, -0.05) is 0 Å². The van der Waals surface area contributed by atoms with Gasteiger partial charge in [0.25, 0.3) is 11.8 Å². The monoisotopic (exact) mass is 323 g/mol. The zero-order valence-corrected chi connectivity index (χ0v) is 13.1. The molecule has 3 heterocycles. The predicted molar refractivity (Wildman–Crippen MR) is 88.8 cm³/mol. The van der Waals surface area contributed by atoms with Crippen molar-refractivity contribution in [1.82, 2.24) is 14.8 Å². The molecule has 1 aromatic carbocycles. The number of carbonyl (C=O) groups is 2. The number of H-pyrrole nitrogens is 1. The number of hydrogen-bond acceptors (Lipinski definition) is 3. The van der Waals surface area contributed by atoms with Gasteiger partial charge in [0, 0.05) is 48.8 Å². The van der Waals surface area contributed by atoms with Crippen LogP contribution in [0.2, 0.25) is 0 Å². The van der Waals surface area contributed by atoms with Crippen LogP contribution in [0, 0.1) is 0 Å². The lowest BCUT2D eigenvalue weighted by Crippen LogP contribution is -2.50. The smallest absolute Gasteiger partial charge is 0.289 e. The van der Waals surface area contributed by atoms with Gasteiger partial charge in [0.2, 0.25) is 0 Å². The molecule has 6 nitrogen and oxygen atoms in total. The van der Waals surface area contributed by atoms with Crippen molar-refractivity contribution in [2.45, 2.75) is 0 Å². The van der Waals surface area contributed by atoms with Gasteiger partial charge in [-0.25, -0.2) is 0 Å². The second-order valence-corrected chi connectivity index (χ2v) is 5.84. The number of piperazine rings is 1. The van der Waals surface area contributed by atoms with Crippen molar-refractivity contribution in [3.8, 4) is 0 Å². The van der Waals surface area contributed by atoms with Gasteiger partial charge in [-0.05, 0) is 36.4 Å². The number of nitrogens with zero attached hydrogens (tertiary/aromatic N) is 2. The Labute approximate surface area is 138 Å². The minimum atomic E-state index is -0.124. The Kier molecular flexibility index (Phi) is 3.57. The van der Waals surface area contributed by atoms with Crippen LogP contribution in [0.1, 0.15) is 20.9 Å². The Morgan fingerprint density at radius 1 is 0.958 bits per heavy atom. The maximum Gasteiger partial charge on any atom is 0.289 e. The average Bonchev–Trinajstić information content (AvgIpc) is 3.31. The van der Waals surface area contributed by atoms with E-state index in [4.69, 9.17) is 4.42 Å². The van der Waals surface area contributed by atoms with Crippen molar-refractivity contribution in [1.29, 1.82) is 0 Å². The minimum absolute atomic E-state index is 0.00296. The van der Waals surface area contributed by atoms with E-state index in [0.717, 1.165) is 10.9 Å². The standard InChI is InChI=1S/C18H17N3O3/c22-17(14-3-4-15-13(12-14)5-6-19-15)20-7-9-21(10-8-20)18(23)16-2-1-11-24-16/h1-6,11-12,19H,7-10H2. The van der Waals surface area contributed by atoms with Gasteiger partial charge in [-0.2, -0.15) is 0 Å². The molecular formula is C18H17N3O3. The molecule has 1 fully saturated rings. The lowest BCUT2D eigenvalue weighted by Gasteiger charge is -2.34. The van der Waals surface area contributed by atoms with E-state index in [-0.39, 0.29) is 11.8 Å². The van der Waals surface area contributed by atoms with E-state index in [1.165, 1.54) is 6.26 Å². The van der Waals surface area contributed by atoms with Crippen LogP contribution in [0.5, 0.6) is 0 Å². The van der Waals surface area contributed by atoms with Crippen LogP contribution >= 0.6 is 0 Å². The summed E-state index contributed by atoms with van der Waals surface area (Å²) in [6, 6.07) is 11.0. The number of benzene rings is 1. The third-order valence-corrected chi connectivity index (χ3v) is 4.39. The molecule has 6 heteroatoms. The Morgan fingerprint density at radius 2 is 1.71 bits per heavy atom. The topological polar surface area (TPSA) is 69.6 Å². The van der Waals surface area contributed by atoms with Crippen molar-refractivity contribution >= 4 is 22.7 Å². The fraction of sp³-hybridized carbons (Fsp3) is 0.222. The van der Waals surface area contributed by atoms with E-state index in [1.54, 1.807) is 21.9 Å². The molecule has 1 saturated heterocycles. The van der Waals surface area contributed by atoms with Crippen LogP contribution in [0.4, 0.5) is 0 Å². The molecule has 3 aromatic rings. The molecule has 1 aliphatic heterocycles. The van der Waals surface area contributed by atoms with Gasteiger partial charge in [0.1, 0.15) is 0 Å². The molecule has 2 aromatic heterocycles. The van der Waals surface area contributed by atoms with Gasteiger partial charge in [-0.3, -0.25) is 9.59 Å². The van der Waals surface area contributed by atoms with Gasteiger partial charge in [0.15, 0.2) is 5.76 Å². The minimum Gasteiger partial charge on any atom is -0.459 e. The highest BCUT2D eigenvalue weighted by atomic mass is 16.3. The van der Waals surface area contributed by atoms with E-state index in [2.05, 4.69) is 4.98 Å². The number of amides is 2. The third-order valence-electron chi connectivity index (χ3n) is 4.39. The normalized spacial score (nSPS) is 15.0. The van der Waals surface area contributed by atoms with Crippen molar-refractivity contribution in [3.05, 3.63) is 60.2 Å². The fourth-order valence-electron chi connectivity index (χ4n) is 3.04. The first-order chi connectivity index (χ1) is 11.7. The molecule has 0 saturated carbocycles. The zero-order chi connectivity index (χ0) is 16.5. The summed E-state index contributed by atoms with van der Waals surface area (Å²) in [5, 5.41) is 1.02.